The molecule has 0 saturated carbocycles. The van der Waals surface area contributed by atoms with Crippen molar-refractivity contribution in [1.29, 1.82) is 0 Å². The predicted octanol–water partition coefficient (Wildman–Crippen LogP) is 1.87. The number of nitrogens with one attached hydrogen (secondary N) is 1. The van der Waals surface area contributed by atoms with Crippen molar-refractivity contribution in [3.63, 3.8) is 0 Å². The largest absolute Gasteiger partial charge is 0.471 e. The van der Waals surface area contributed by atoms with Gasteiger partial charge in [-0.15, -0.1) is 0 Å². The molecule has 0 radical (unpaired) electrons. The molecule has 0 fully saturated rings. The average Bonchev–Trinajstić information content (AvgIpc) is 2.25. The van der Waals surface area contributed by atoms with E-state index < -0.39 is 42.2 Å². The van der Waals surface area contributed by atoms with Gasteiger partial charge >= 0.3 is 12.1 Å². The minimum atomic E-state index is -5.07. The van der Waals surface area contributed by atoms with Crippen LogP contribution in [0.2, 0.25) is 0 Å². The van der Waals surface area contributed by atoms with E-state index in [2.05, 4.69) is 0 Å². The number of amides is 1. The molecule has 110 valence electrons. The summed E-state index contributed by atoms with van der Waals surface area (Å²) >= 11 is 0. The number of carbonyl (C=O) groups excluding carboxylic acids is 3. The first kappa shape index (κ1) is 17.6. The van der Waals surface area contributed by atoms with Crippen molar-refractivity contribution in [2.75, 3.05) is 0 Å². The fraction of sp³-hybridized carbons (Fsp3) is 0.750. The van der Waals surface area contributed by atoms with Crippen molar-refractivity contribution >= 4 is 17.5 Å². The van der Waals surface area contributed by atoms with Gasteiger partial charge in [-0.05, 0) is 0 Å². The fourth-order valence-corrected chi connectivity index (χ4v) is 1.30. The van der Waals surface area contributed by atoms with E-state index in [1.807, 2.05) is 0 Å². The highest BCUT2D eigenvalue weighted by Crippen LogP contribution is 2.16. The van der Waals surface area contributed by atoms with Gasteiger partial charge in [-0.1, -0.05) is 27.7 Å². The third kappa shape index (κ3) is 5.85. The predicted molar refractivity (Wildman–Crippen MR) is 62.3 cm³/mol. The van der Waals surface area contributed by atoms with Gasteiger partial charge in [-0.3, -0.25) is 14.4 Å². The van der Waals surface area contributed by atoms with E-state index in [1.165, 1.54) is 13.8 Å². The van der Waals surface area contributed by atoms with Gasteiger partial charge in [-0.2, -0.15) is 13.2 Å². The van der Waals surface area contributed by atoms with Gasteiger partial charge in [0.25, 0.3) is 0 Å². The molecule has 0 heterocycles. The molecule has 0 aliphatic rings. The van der Waals surface area contributed by atoms with E-state index in [4.69, 9.17) is 0 Å². The van der Waals surface area contributed by atoms with Crippen LogP contribution in [0.4, 0.5) is 13.2 Å². The Morgan fingerprint density at radius 3 is 1.79 bits per heavy atom. The van der Waals surface area contributed by atoms with E-state index in [0.717, 1.165) is 0 Å². The molecule has 19 heavy (non-hydrogen) atoms. The Morgan fingerprint density at radius 1 is 1.00 bits per heavy atom. The molecular weight excluding hydrogens is 263 g/mol. The standard InChI is InChI=1S/C12H18F3NO3/c1-6(2)9(17)5-8(10(18)7(3)4)16-11(19)12(13,14)15/h6-8H,5H2,1-4H3,(H,16,19). The first-order chi connectivity index (χ1) is 8.46. The molecule has 0 aliphatic carbocycles. The number of alkyl halides is 3. The monoisotopic (exact) mass is 281 g/mol. The molecule has 0 bridgehead atoms. The summed E-state index contributed by atoms with van der Waals surface area (Å²) in [5.74, 6) is -4.15. The minimum Gasteiger partial charge on any atom is -0.338 e. The summed E-state index contributed by atoms with van der Waals surface area (Å²) in [5, 5.41) is 1.59. The summed E-state index contributed by atoms with van der Waals surface area (Å²) in [5.41, 5.74) is 0. The highest BCUT2D eigenvalue weighted by atomic mass is 19.4. The normalized spacial score (nSPS) is 13.5. The van der Waals surface area contributed by atoms with E-state index in [-0.39, 0.29) is 5.78 Å². The van der Waals surface area contributed by atoms with Crippen LogP contribution in [0.3, 0.4) is 0 Å². The number of ketones is 2. The van der Waals surface area contributed by atoms with E-state index in [9.17, 15) is 27.6 Å². The molecule has 1 unspecified atom stereocenters. The van der Waals surface area contributed by atoms with Gasteiger partial charge in [0.05, 0.1) is 6.04 Å². The van der Waals surface area contributed by atoms with E-state index >= 15 is 0 Å². The molecule has 7 heteroatoms. The van der Waals surface area contributed by atoms with Crippen molar-refractivity contribution in [2.45, 2.75) is 46.3 Å². The van der Waals surface area contributed by atoms with E-state index in [1.54, 1.807) is 19.2 Å². The second-order valence-electron chi connectivity index (χ2n) is 4.91. The van der Waals surface area contributed by atoms with Crippen LogP contribution in [0, 0.1) is 11.8 Å². The number of rotatable bonds is 6. The summed E-state index contributed by atoms with van der Waals surface area (Å²) in [4.78, 5) is 34.1. The highest BCUT2D eigenvalue weighted by Gasteiger charge is 2.41. The maximum atomic E-state index is 12.2. The SMILES string of the molecule is CC(C)C(=O)CC(NC(=O)C(F)(F)F)C(=O)C(C)C. The maximum Gasteiger partial charge on any atom is 0.471 e. The summed E-state index contributed by atoms with van der Waals surface area (Å²) in [6, 6.07) is -1.43. The first-order valence-electron chi connectivity index (χ1n) is 5.91. The third-order valence-electron chi connectivity index (χ3n) is 2.52. The van der Waals surface area contributed by atoms with Crippen LogP contribution < -0.4 is 5.32 Å². The zero-order valence-electron chi connectivity index (χ0n) is 11.3. The van der Waals surface area contributed by atoms with Crippen molar-refractivity contribution in [3.05, 3.63) is 0 Å². The lowest BCUT2D eigenvalue weighted by Gasteiger charge is -2.20. The van der Waals surface area contributed by atoms with Crippen LogP contribution in [0.15, 0.2) is 0 Å². The Labute approximate surface area is 109 Å². The fourth-order valence-electron chi connectivity index (χ4n) is 1.30. The second kappa shape index (κ2) is 6.68. The topological polar surface area (TPSA) is 63.2 Å². The number of hydrogen-bond donors (Lipinski definition) is 1. The van der Waals surface area contributed by atoms with Crippen molar-refractivity contribution in [2.24, 2.45) is 11.8 Å². The van der Waals surface area contributed by atoms with Crippen molar-refractivity contribution < 1.29 is 27.6 Å². The van der Waals surface area contributed by atoms with Crippen LogP contribution in [-0.4, -0.2) is 29.7 Å². The zero-order valence-corrected chi connectivity index (χ0v) is 11.3. The Hall–Kier alpha value is -1.40. The van der Waals surface area contributed by atoms with E-state index in [0.29, 0.717) is 0 Å². The zero-order chi connectivity index (χ0) is 15.4. The average molecular weight is 281 g/mol. The summed E-state index contributed by atoms with van der Waals surface area (Å²) < 4.78 is 36.5. The maximum absolute atomic E-state index is 12.2. The molecule has 0 aromatic heterocycles. The van der Waals surface area contributed by atoms with Gasteiger partial charge in [0.2, 0.25) is 0 Å². The molecule has 4 nitrogen and oxygen atoms in total. The molecule has 0 aromatic rings. The van der Waals surface area contributed by atoms with Crippen LogP contribution in [0.25, 0.3) is 0 Å². The van der Waals surface area contributed by atoms with Crippen LogP contribution in [0.1, 0.15) is 34.1 Å². The number of Topliss-reactive ketones (excluding diaryl/α,β-unsaturated/α-hetero) is 2. The lowest BCUT2D eigenvalue weighted by atomic mass is 9.94. The molecule has 1 atom stereocenters. The van der Waals surface area contributed by atoms with Gasteiger partial charge in [0.1, 0.15) is 5.78 Å². The minimum absolute atomic E-state index is 0.374. The molecular formula is C12H18F3NO3. The molecule has 0 saturated heterocycles. The molecule has 0 aliphatic heterocycles. The van der Waals surface area contributed by atoms with Crippen LogP contribution in [-0.2, 0) is 14.4 Å². The third-order valence-corrected chi connectivity index (χ3v) is 2.52. The quantitative estimate of drug-likeness (QED) is 0.808. The highest BCUT2D eigenvalue weighted by molar-refractivity contribution is 5.95. The lowest BCUT2D eigenvalue weighted by Crippen LogP contribution is -2.49. The summed E-state index contributed by atoms with van der Waals surface area (Å²) in [6.07, 6.45) is -5.49. The first-order valence-corrected chi connectivity index (χ1v) is 5.91. The van der Waals surface area contributed by atoms with Gasteiger partial charge in [0.15, 0.2) is 5.78 Å². The summed E-state index contributed by atoms with van der Waals surface area (Å²) in [6.45, 7) is 6.14. The Bertz CT molecular complexity index is 362. The van der Waals surface area contributed by atoms with Gasteiger partial charge < -0.3 is 5.32 Å². The Morgan fingerprint density at radius 2 is 1.47 bits per heavy atom. The van der Waals surface area contributed by atoms with Gasteiger partial charge in [-0.25, -0.2) is 0 Å². The van der Waals surface area contributed by atoms with Crippen LogP contribution in [0.5, 0.6) is 0 Å². The Kier molecular flexibility index (Phi) is 6.18. The Balaban J connectivity index is 4.94. The van der Waals surface area contributed by atoms with Crippen LogP contribution >= 0.6 is 0 Å². The number of carbonyl (C=O) groups is 3. The molecule has 1 amide bonds. The molecule has 0 rings (SSSR count). The summed E-state index contributed by atoms with van der Waals surface area (Å²) in [7, 11) is 0. The number of hydrogen-bond acceptors (Lipinski definition) is 3. The molecule has 1 N–H and O–H groups in total. The van der Waals surface area contributed by atoms with Crippen molar-refractivity contribution in [1.82, 2.24) is 5.32 Å². The lowest BCUT2D eigenvalue weighted by molar-refractivity contribution is -0.174. The second-order valence-corrected chi connectivity index (χ2v) is 4.91. The smallest absolute Gasteiger partial charge is 0.338 e. The van der Waals surface area contributed by atoms with Crippen molar-refractivity contribution in [3.8, 4) is 0 Å². The van der Waals surface area contributed by atoms with Gasteiger partial charge in [0, 0.05) is 18.3 Å². The molecule has 0 spiro atoms. The number of halogens is 3. The molecule has 0 aromatic carbocycles.